The standard InChI is InChI=1S/C18H11IN2O/c19-17-16(22)11-10-14-18(17)21(12-6-2-1-3-7-12)15-9-5-4-8-13(15)20-14/h1-11H. The van der Waals surface area contributed by atoms with Crippen LogP contribution < -0.4 is 5.43 Å². The molecule has 2 aromatic rings. The molecule has 0 fully saturated rings. The fourth-order valence-corrected chi connectivity index (χ4v) is 3.38. The van der Waals surface area contributed by atoms with Gasteiger partial charge in [0.15, 0.2) is 5.43 Å². The van der Waals surface area contributed by atoms with Crippen molar-refractivity contribution in [1.82, 2.24) is 9.55 Å². The Balaban J connectivity index is 2.28. The average Bonchev–Trinajstić information content (AvgIpc) is 2.57. The lowest BCUT2D eigenvalue weighted by molar-refractivity contribution is 1.07. The van der Waals surface area contributed by atoms with Crippen molar-refractivity contribution in [3.63, 3.8) is 0 Å². The summed E-state index contributed by atoms with van der Waals surface area (Å²) in [6.07, 6.45) is 0. The highest BCUT2D eigenvalue weighted by molar-refractivity contribution is 14.1. The van der Waals surface area contributed by atoms with Crippen molar-refractivity contribution in [3.05, 3.63) is 80.5 Å². The second kappa shape index (κ2) is 5.21. The molecule has 1 heterocycles. The Morgan fingerprint density at radius 3 is 2.41 bits per heavy atom. The SMILES string of the molecule is O=c1ccc2nc3ccccc3n(-c3ccccc3)c-2c1I. The van der Waals surface area contributed by atoms with E-state index in [0.29, 0.717) is 3.57 Å². The molecule has 22 heavy (non-hydrogen) atoms. The zero-order valence-electron chi connectivity index (χ0n) is 11.5. The van der Waals surface area contributed by atoms with Crippen molar-refractivity contribution in [2.24, 2.45) is 0 Å². The van der Waals surface area contributed by atoms with Gasteiger partial charge < -0.3 is 4.57 Å². The molecule has 3 nitrogen and oxygen atoms in total. The van der Waals surface area contributed by atoms with Crippen LogP contribution in [0.5, 0.6) is 0 Å². The maximum atomic E-state index is 12.1. The zero-order chi connectivity index (χ0) is 15.1. The van der Waals surface area contributed by atoms with E-state index in [-0.39, 0.29) is 5.43 Å². The first kappa shape index (κ1) is 13.5. The molecule has 4 heteroatoms. The Labute approximate surface area is 140 Å². The van der Waals surface area contributed by atoms with E-state index < -0.39 is 0 Å². The molecule has 106 valence electrons. The summed E-state index contributed by atoms with van der Waals surface area (Å²) in [6.45, 7) is 0. The van der Waals surface area contributed by atoms with E-state index in [0.717, 1.165) is 28.1 Å². The minimum atomic E-state index is 0.0230. The van der Waals surface area contributed by atoms with Crippen molar-refractivity contribution in [1.29, 1.82) is 0 Å². The first-order chi connectivity index (χ1) is 10.8. The van der Waals surface area contributed by atoms with Gasteiger partial charge in [-0.3, -0.25) is 4.79 Å². The number of para-hydroxylation sites is 3. The maximum Gasteiger partial charge on any atom is 0.194 e. The van der Waals surface area contributed by atoms with Gasteiger partial charge in [-0.2, -0.15) is 0 Å². The Kier molecular flexibility index (Phi) is 3.18. The molecule has 0 saturated carbocycles. The molecule has 2 aliphatic rings. The number of hydrogen-bond donors (Lipinski definition) is 0. The Bertz CT molecular complexity index is 1010. The van der Waals surface area contributed by atoms with Crippen molar-refractivity contribution in [2.45, 2.75) is 0 Å². The van der Waals surface area contributed by atoms with E-state index in [1.54, 1.807) is 12.1 Å². The first-order valence-corrected chi connectivity index (χ1v) is 7.99. The normalized spacial score (nSPS) is 11.1. The van der Waals surface area contributed by atoms with Gasteiger partial charge in [0.25, 0.3) is 0 Å². The molecule has 1 aliphatic carbocycles. The summed E-state index contributed by atoms with van der Waals surface area (Å²) in [7, 11) is 0. The molecule has 0 N–H and O–H groups in total. The molecule has 0 spiro atoms. The zero-order valence-corrected chi connectivity index (χ0v) is 13.7. The van der Waals surface area contributed by atoms with E-state index in [2.05, 4.69) is 27.2 Å². The van der Waals surface area contributed by atoms with Gasteiger partial charge in [0.05, 0.1) is 26.0 Å². The molecule has 1 aliphatic heterocycles. The number of aromatic nitrogens is 2. The molecule has 0 atom stereocenters. The largest absolute Gasteiger partial charge is 0.305 e. The number of hydrogen-bond acceptors (Lipinski definition) is 2. The van der Waals surface area contributed by atoms with Crippen LogP contribution >= 0.6 is 22.6 Å². The summed E-state index contributed by atoms with van der Waals surface area (Å²) >= 11 is 2.11. The Morgan fingerprint density at radius 1 is 0.864 bits per heavy atom. The number of benzene rings is 3. The van der Waals surface area contributed by atoms with Crippen molar-refractivity contribution in [3.8, 4) is 17.1 Å². The quantitative estimate of drug-likeness (QED) is 0.358. The van der Waals surface area contributed by atoms with Crippen LogP contribution in [0.15, 0.2) is 71.5 Å². The van der Waals surface area contributed by atoms with Crippen LogP contribution in [0, 0.1) is 3.57 Å². The van der Waals surface area contributed by atoms with Gasteiger partial charge in [-0.05, 0) is 59.0 Å². The lowest BCUT2D eigenvalue weighted by Crippen LogP contribution is -2.14. The monoisotopic (exact) mass is 398 g/mol. The second-order valence-electron chi connectivity index (χ2n) is 5.02. The molecule has 0 saturated heterocycles. The van der Waals surface area contributed by atoms with E-state index >= 15 is 0 Å². The smallest absolute Gasteiger partial charge is 0.194 e. The lowest BCUT2D eigenvalue weighted by Gasteiger charge is -2.19. The van der Waals surface area contributed by atoms with Crippen LogP contribution in [0.25, 0.3) is 28.1 Å². The molecule has 0 aromatic heterocycles. The molecule has 4 rings (SSSR count). The highest BCUT2D eigenvalue weighted by Gasteiger charge is 2.18. The van der Waals surface area contributed by atoms with E-state index in [4.69, 9.17) is 4.98 Å². The summed E-state index contributed by atoms with van der Waals surface area (Å²) in [5.41, 5.74) is 4.63. The summed E-state index contributed by atoms with van der Waals surface area (Å²) in [6, 6.07) is 21.4. The third-order valence-electron chi connectivity index (χ3n) is 3.66. The van der Waals surface area contributed by atoms with Crippen LogP contribution in [0.3, 0.4) is 0 Å². The van der Waals surface area contributed by atoms with E-state index in [1.807, 2.05) is 54.6 Å². The summed E-state index contributed by atoms with van der Waals surface area (Å²) in [4.78, 5) is 16.8. The van der Waals surface area contributed by atoms with Crippen LogP contribution in [0.2, 0.25) is 0 Å². The topological polar surface area (TPSA) is 34.9 Å². The van der Waals surface area contributed by atoms with Gasteiger partial charge in [0.1, 0.15) is 0 Å². The molecule has 2 aromatic carbocycles. The van der Waals surface area contributed by atoms with Gasteiger partial charge in [0.2, 0.25) is 0 Å². The van der Waals surface area contributed by atoms with Gasteiger partial charge >= 0.3 is 0 Å². The van der Waals surface area contributed by atoms with Gasteiger partial charge in [-0.1, -0.05) is 30.3 Å². The highest BCUT2D eigenvalue weighted by atomic mass is 127. The molecular formula is C18H11IN2O. The van der Waals surface area contributed by atoms with E-state index in [9.17, 15) is 4.79 Å². The Morgan fingerprint density at radius 2 is 1.59 bits per heavy atom. The molecule has 0 unspecified atom stereocenters. The van der Waals surface area contributed by atoms with Crippen molar-refractivity contribution < 1.29 is 0 Å². The van der Waals surface area contributed by atoms with Gasteiger partial charge in [-0.25, -0.2) is 4.98 Å². The number of rotatable bonds is 1. The highest BCUT2D eigenvalue weighted by Crippen LogP contribution is 2.30. The van der Waals surface area contributed by atoms with Gasteiger partial charge in [0, 0.05) is 5.69 Å². The van der Waals surface area contributed by atoms with Crippen LogP contribution in [-0.4, -0.2) is 9.55 Å². The minimum Gasteiger partial charge on any atom is -0.305 e. The predicted molar refractivity (Wildman–Crippen MR) is 96.7 cm³/mol. The number of fused-ring (bicyclic) bond motifs is 2. The summed E-state index contributed by atoms with van der Waals surface area (Å²) < 4.78 is 2.80. The predicted octanol–water partition coefficient (Wildman–Crippen LogP) is 4.10. The third kappa shape index (κ3) is 2.02. The van der Waals surface area contributed by atoms with Crippen molar-refractivity contribution in [2.75, 3.05) is 0 Å². The van der Waals surface area contributed by atoms with Gasteiger partial charge in [-0.15, -0.1) is 0 Å². The van der Waals surface area contributed by atoms with Crippen LogP contribution in [0.4, 0.5) is 0 Å². The van der Waals surface area contributed by atoms with E-state index in [1.165, 1.54) is 0 Å². The average molecular weight is 398 g/mol. The molecule has 0 amide bonds. The third-order valence-corrected chi connectivity index (χ3v) is 4.70. The molecule has 0 bridgehead atoms. The Hall–Kier alpha value is -2.21. The van der Waals surface area contributed by atoms with Crippen LogP contribution in [0.1, 0.15) is 0 Å². The maximum absolute atomic E-state index is 12.1. The van der Waals surface area contributed by atoms with Crippen molar-refractivity contribution >= 4 is 33.6 Å². The number of nitrogens with zero attached hydrogens (tertiary/aromatic N) is 2. The first-order valence-electron chi connectivity index (χ1n) is 6.91. The minimum absolute atomic E-state index is 0.0230. The van der Waals surface area contributed by atoms with Crippen LogP contribution in [-0.2, 0) is 0 Å². The fraction of sp³-hybridized carbons (Fsp3) is 0. The molecular weight excluding hydrogens is 387 g/mol. The fourth-order valence-electron chi connectivity index (χ4n) is 2.68. The summed E-state index contributed by atoms with van der Waals surface area (Å²) in [5.74, 6) is 0. The summed E-state index contributed by atoms with van der Waals surface area (Å²) in [5, 5.41) is 0. The molecule has 0 radical (unpaired) electrons. The number of halogens is 1. The lowest BCUT2D eigenvalue weighted by atomic mass is 10.1. The second-order valence-corrected chi connectivity index (χ2v) is 6.10.